The van der Waals surface area contributed by atoms with Crippen molar-refractivity contribution < 1.29 is 0 Å². The number of hydrogen-bond donors (Lipinski definition) is 0. The van der Waals surface area contributed by atoms with E-state index in [0.29, 0.717) is 0 Å². The van der Waals surface area contributed by atoms with Crippen LogP contribution in [0.2, 0.25) is 0 Å². The third-order valence-electron chi connectivity index (χ3n) is 3.88. The summed E-state index contributed by atoms with van der Waals surface area (Å²) in [6, 6.07) is 6.12. The fourth-order valence-electron chi connectivity index (χ4n) is 2.75. The van der Waals surface area contributed by atoms with Crippen molar-refractivity contribution >= 4 is 0 Å². The van der Waals surface area contributed by atoms with E-state index >= 15 is 0 Å². The normalized spacial score (nSPS) is 14.7. The Bertz CT molecular complexity index is 505. The van der Waals surface area contributed by atoms with Gasteiger partial charge in [-0.3, -0.25) is 4.98 Å². The van der Waals surface area contributed by atoms with Crippen LogP contribution >= 0.6 is 0 Å². The summed E-state index contributed by atoms with van der Waals surface area (Å²) >= 11 is 0. The second kappa shape index (κ2) is 10.8. The maximum atomic E-state index is 4.40. The molecule has 1 aliphatic heterocycles. The van der Waals surface area contributed by atoms with Gasteiger partial charge in [-0.15, -0.1) is 13.2 Å². The van der Waals surface area contributed by atoms with Gasteiger partial charge >= 0.3 is 0 Å². The Morgan fingerprint density at radius 3 is 2.70 bits per heavy atom. The molecule has 0 amide bonds. The van der Waals surface area contributed by atoms with E-state index in [4.69, 9.17) is 0 Å². The van der Waals surface area contributed by atoms with Crippen molar-refractivity contribution in [3.05, 3.63) is 66.7 Å². The molecule has 23 heavy (non-hydrogen) atoms. The summed E-state index contributed by atoms with van der Waals surface area (Å²) in [5.41, 5.74) is 4.18. The van der Waals surface area contributed by atoms with E-state index in [1.165, 1.54) is 11.3 Å². The lowest BCUT2D eigenvalue weighted by Crippen LogP contribution is -2.34. The predicted octanol–water partition coefficient (Wildman–Crippen LogP) is 3.91. The van der Waals surface area contributed by atoms with E-state index in [0.717, 1.165) is 44.6 Å². The molecule has 0 aliphatic carbocycles. The highest BCUT2D eigenvalue weighted by Gasteiger charge is 2.18. The second-order valence-corrected chi connectivity index (χ2v) is 5.93. The minimum atomic E-state index is 0.994. The zero-order valence-electron chi connectivity index (χ0n) is 15.0. The van der Waals surface area contributed by atoms with Crippen LogP contribution in [0, 0.1) is 0 Å². The standard InChI is InChI=1S/C17H25N3.C3H6/c1-4-7-15-14-19(2)12-10-17(15)20(3)13-9-16-8-5-6-11-18-16;1-3-2/h4-6,8,11H,1,7,9-10,12-14H2,2-3H3;3H,1H2,2H3. The van der Waals surface area contributed by atoms with Gasteiger partial charge < -0.3 is 9.80 Å². The zero-order chi connectivity index (χ0) is 17.1. The molecule has 1 aromatic heterocycles. The lowest BCUT2D eigenvalue weighted by Gasteiger charge is -2.33. The van der Waals surface area contributed by atoms with Crippen LogP contribution in [0.1, 0.15) is 25.5 Å². The third kappa shape index (κ3) is 6.83. The van der Waals surface area contributed by atoms with Crippen molar-refractivity contribution in [2.45, 2.75) is 26.2 Å². The number of hydrogen-bond acceptors (Lipinski definition) is 3. The van der Waals surface area contributed by atoms with Gasteiger partial charge in [-0.2, -0.15) is 0 Å². The molecule has 0 N–H and O–H groups in total. The number of rotatable bonds is 6. The monoisotopic (exact) mass is 313 g/mol. The predicted molar refractivity (Wildman–Crippen MR) is 100 cm³/mol. The highest BCUT2D eigenvalue weighted by molar-refractivity contribution is 5.20. The van der Waals surface area contributed by atoms with E-state index in [-0.39, 0.29) is 0 Å². The fraction of sp³-hybridized carbons (Fsp3) is 0.450. The molecule has 0 unspecified atom stereocenters. The SMILES string of the molecule is C=CC.C=CCC1=C(N(C)CCc2ccccn2)CCN(C)C1. The van der Waals surface area contributed by atoms with Gasteiger partial charge in [-0.25, -0.2) is 0 Å². The first-order valence-electron chi connectivity index (χ1n) is 8.30. The summed E-state index contributed by atoms with van der Waals surface area (Å²) < 4.78 is 0. The van der Waals surface area contributed by atoms with Gasteiger partial charge in [0.15, 0.2) is 0 Å². The molecular formula is C20H31N3. The maximum Gasteiger partial charge on any atom is 0.0421 e. The first kappa shape index (κ1) is 19.2. The maximum absolute atomic E-state index is 4.40. The molecule has 0 saturated carbocycles. The molecule has 126 valence electrons. The third-order valence-corrected chi connectivity index (χ3v) is 3.88. The minimum Gasteiger partial charge on any atom is -0.377 e. The molecule has 0 saturated heterocycles. The summed E-state index contributed by atoms with van der Waals surface area (Å²) in [5.74, 6) is 0. The molecule has 1 aromatic rings. The van der Waals surface area contributed by atoms with Crippen LogP contribution in [0.25, 0.3) is 0 Å². The van der Waals surface area contributed by atoms with Crippen LogP contribution in [0.3, 0.4) is 0 Å². The topological polar surface area (TPSA) is 19.4 Å². The van der Waals surface area contributed by atoms with Crippen molar-refractivity contribution in [1.82, 2.24) is 14.8 Å². The number of nitrogens with zero attached hydrogens (tertiary/aromatic N) is 3. The van der Waals surface area contributed by atoms with Gasteiger partial charge in [0, 0.05) is 57.1 Å². The Hall–Kier alpha value is -1.87. The molecule has 0 radical (unpaired) electrons. The van der Waals surface area contributed by atoms with E-state index in [9.17, 15) is 0 Å². The quantitative estimate of drug-likeness (QED) is 0.742. The van der Waals surface area contributed by atoms with Crippen LogP contribution in [-0.2, 0) is 6.42 Å². The number of aromatic nitrogens is 1. The fourth-order valence-corrected chi connectivity index (χ4v) is 2.75. The summed E-state index contributed by atoms with van der Waals surface area (Å²) in [7, 11) is 4.39. The summed E-state index contributed by atoms with van der Waals surface area (Å²) in [5, 5.41) is 0. The van der Waals surface area contributed by atoms with E-state index in [2.05, 4.69) is 54.2 Å². The smallest absolute Gasteiger partial charge is 0.0421 e. The molecule has 1 aliphatic rings. The van der Waals surface area contributed by atoms with Crippen LogP contribution in [0.5, 0.6) is 0 Å². The van der Waals surface area contributed by atoms with Crippen LogP contribution < -0.4 is 0 Å². The van der Waals surface area contributed by atoms with E-state index in [1.807, 2.05) is 25.3 Å². The van der Waals surface area contributed by atoms with Gasteiger partial charge in [0.1, 0.15) is 0 Å². The zero-order valence-corrected chi connectivity index (χ0v) is 15.0. The van der Waals surface area contributed by atoms with Crippen molar-refractivity contribution in [3.8, 4) is 0 Å². The van der Waals surface area contributed by atoms with Crippen LogP contribution in [-0.4, -0.2) is 48.5 Å². The minimum absolute atomic E-state index is 0.994. The molecule has 0 bridgehead atoms. The molecule has 2 heterocycles. The summed E-state index contributed by atoms with van der Waals surface area (Å²) in [6.07, 6.45) is 8.76. The summed E-state index contributed by atoms with van der Waals surface area (Å²) in [6.45, 7) is 12.4. The van der Waals surface area contributed by atoms with Gasteiger partial charge in [0.25, 0.3) is 0 Å². The Labute approximate surface area is 142 Å². The molecule has 0 fully saturated rings. The molecule has 0 aromatic carbocycles. The van der Waals surface area contributed by atoms with Gasteiger partial charge in [-0.05, 0) is 38.1 Å². The van der Waals surface area contributed by atoms with E-state index < -0.39 is 0 Å². The first-order valence-corrected chi connectivity index (χ1v) is 8.30. The lowest BCUT2D eigenvalue weighted by atomic mass is 10.0. The molecule has 3 nitrogen and oxygen atoms in total. The van der Waals surface area contributed by atoms with Crippen molar-refractivity contribution in [2.24, 2.45) is 0 Å². The van der Waals surface area contributed by atoms with Crippen molar-refractivity contribution in [1.29, 1.82) is 0 Å². The molecule has 0 atom stereocenters. The van der Waals surface area contributed by atoms with E-state index in [1.54, 1.807) is 6.08 Å². The number of pyridine rings is 1. The lowest BCUT2D eigenvalue weighted by molar-refractivity contribution is 0.298. The van der Waals surface area contributed by atoms with Crippen molar-refractivity contribution in [3.63, 3.8) is 0 Å². The van der Waals surface area contributed by atoms with Crippen LogP contribution in [0.4, 0.5) is 0 Å². The Balaban J connectivity index is 0.000000816. The van der Waals surface area contributed by atoms with Gasteiger partial charge in [0.05, 0.1) is 0 Å². The number of allylic oxidation sites excluding steroid dienone is 2. The highest BCUT2D eigenvalue weighted by Crippen LogP contribution is 2.22. The molecular weight excluding hydrogens is 282 g/mol. The number of likely N-dealkylation sites (N-methyl/N-ethyl adjacent to an activating group) is 2. The Kier molecular flexibility index (Phi) is 9.00. The Morgan fingerprint density at radius 1 is 1.35 bits per heavy atom. The van der Waals surface area contributed by atoms with Crippen LogP contribution in [0.15, 0.2) is 61.0 Å². The Morgan fingerprint density at radius 2 is 2.09 bits per heavy atom. The summed E-state index contributed by atoms with van der Waals surface area (Å²) in [4.78, 5) is 9.18. The molecule has 0 spiro atoms. The van der Waals surface area contributed by atoms with Crippen molar-refractivity contribution in [2.75, 3.05) is 33.7 Å². The average molecular weight is 313 g/mol. The largest absolute Gasteiger partial charge is 0.377 e. The average Bonchev–Trinajstić information content (AvgIpc) is 2.55. The molecule has 3 heteroatoms. The second-order valence-electron chi connectivity index (χ2n) is 5.93. The van der Waals surface area contributed by atoms with Gasteiger partial charge in [0.2, 0.25) is 0 Å². The first-order chi connectivity index (χ1) is 11.1. The highest BCUT2D eigenvalue weighted by atomic mass is 15.2. The van der Waals surface area contributed by atoms with Gasteiger partial charge in [-0.1, -0.05) is 18.2 Å². The molecule has 2 rings (SSSR count).